The first-order valence-corrected chi connectivity index (χ1v) is 7.90. The predicted octanol–water partition coefficient (Wildman–Crippen LogP) is 2.25. The third kappa shape index (κ3) is 9.21. The van der Waals surface area contributed by atoms with Gasteiger partial charge in [0.2, 0.25) is 0 Å². The lowest BCUT2D eigenvalue weighted by molar-refractivity contribution is -0.132. The summed E-state index contributed by atoms with van der Waals surface area (Å²) in [6, 6.07) is 7.52. The number of aliphatic carboxylic acids is 1. The Morgan fingerprint density at radius 1 is 1.16 bits per heavy atom. The lowest BCUT2D eigenvalue weighted by Crippen LogP contribution is -2.28. The highest BCUT2D eigenvalue weighted by atomic mass is 16.7. The van der Waals surface area contributed by atoms with Gasteiger partial charge in [0.25, 0.3) is 0 Å². The van der Waals surface area contributed by atoms with Crippen LogP contribution >= 0.6 is 0 Å². The Bertz CT molecular complexity index is 513. The van der Waals surface area contributed by atoms with E-state index in [1.807, 2.05) is 31.2 Å². The van der Waals surface area contributed by atoms with Gasteiger partial charge >= 0.3 is 5.97 Å². The van der Waals surface area contributed by atoms with Gasteiger partial charge in [-0.3, -0.25) is 0 Å². The molecule has 0 aliphatic heterocycles. The van der Waals surface area contributed by atoms with Gasteiger partial charge in [-0.25, -0.2) is 4.79 Å². The number of ether oxygens (including phenoxy) is 5. The quantitative estimate of drug-likeness (QED) is 0.330. The van der Waals surface area contributed by atoms with Crippen molar-refractivity contribution in [1.29, 1.82) is 0 Å². The van der Waals surface area contributed by atoms with Gasteiger partial charge in [-0.15, -0.1) is 0 Å². The molecule has 1 aromatic rings. The molecular weight excluding hydrogens is 328 g/mol. The van der Waals surface area contributed by atoms with Gasteiger partial charge in [-0.2, -0.15) is 0 Å². The summed E-state index contributed by atoms with van der Waals surface area (Å²) >= 11 is 0. The summed E-state index contributed by atoms with van der Waals surface area (Å²) in [5, 5.41) is 8.80. The summed E-state index contributed by atoms with van der Waals surface area (Å²) in [6.45, 7) is 3.07. The summed E-state index contributed by atoms with van der Waals surface area (Å²) in [7, 11) is 3.19. The number of methoxy groups -OCH3 is 2. The van der Waals surface area contributed by atoms with E-state index in [0.29, 0.717) is 19.8 Å². The maximum Gasteiger partial charge on any atom is 0.328 e. The minimum Gasteiger partial charge on any atom is -0.497 e. The molecule has 0 unspecified atom stereocenters. The molecule has 0 radical (unpaired) electrons. The molecule has 0 fully saturated rings. The standard InChI is InChI=1S/C18H26O7/c1-14(24-12-15-4-6-16(22-3)7-5-15)17(8-9-18(19)20)25-13-23-11-10-21-2/h4-9,14,17H,10-13H2,1-3H3,(H,19,20)/b9-8+/t14-,17-/m1/s1. The molecule has 1 aromatic carbocycles. The van der Waals surface area contributed by atoms with Crippen LogP contribution in [-0.4, -0.2) is 57.5 Å². The van der Waals surface area contributed by atoms with Gasteiger partial charge in [0.05, 0.1) is 33.0 Å². The molecule has 0 aromatic heterocycles. The molecule has 1 rings (SSSR count). The van der Waals surface area contributed by atoms with Gasteiger partial charge in [0, 0.05) is 13.2 Å². The lowest BCUT2D eigenvalue weighted by atomic mass is 10.2. The first kappa shape index (κ1) is 21.1. The highest BCUT2D eigenvalue weighted by Gasteiger charge is 2.16. The van der Waals surface area contributed by atoms with Crippen molar-refractivity contribution >= 4 is 5.97 Å². The fourth-order valence-corrected chi connectivity index (χ4v) is 1.90. The van der Waals surface area contributed by atoms with Crippen LogP contribution in [0.3, 0.4) is 0 Å². The molecule has 0 saturated carbocycles. The lowest BCUT2D eigenvalue weighted by Gasteiger charge is -2.22. The number of carbonyl (C=O) groups is 1. The van der Waals surface area contributed by atoms with E-state index >= 15 is 0 Å². The third-order valence-corrected chi connectivity index (χ3v) is 3.34. The average molecular weight is 354 g/mol. The van der Waals surface area contributed by atoms with Crippen LogP contribution in [0.5, 0.6) is 5.75 Å². The third-order valence-electron chi connectivity index (χ3n) is 3.34. The van der Waals surface area contributed by atoms with Gasteiger partial charge in [0.15, 0.2) is 0 Å². The van der Waals surface area contributed by atoms with Crippen molar-refractivity contribution in [1.82, 2.24) is 0 Å². The van der Waals surface area contributed by atoms with E-state index < -0.39 is 12.1 Å². The van der Waals surface area contributed by atoms with Crippen molar-refractivity contribution in [2.24, 2.45) is 0 Å². The minimum atomic E-state index is -1.05. The Balaban J connectivity index is 2.51. The van der Waals surface area contributed by atoms with Gasteiger partial charge in [0.1, 0.15) is 18.6 Å². The molecule has 0 aliphatic rings. The van der Waals surface area contributed by atoms with Crippen molar-refractivity contribution in [3.63, 3.8) is 0 Å². The molecule has 0 aliphatic carbocycles. The molecule has 7 nitrogen and oxygen atoms in total. The van der Waals surface area contributed by atoms with E-state index in [0.717, 1.165) is 17.4 Å². The zero-order valence-corrected chi connectivity index (χ0v) is 14.8. The molecule has 7 heteroatoms. The second-order valence-electron chi connectivity index (χ2n) is 5.21. The van der Waals surface area contributed by atoms with E-state index in [1.54, 1.807) is 14.2 Å². The first-order valence-electron chi connectivity index (χ1n) is 7.90. The topological polar surface area (TPSA) is 83.5 Å². The van der Waals surface area contributed by atoms with E-state index in [9.17, 15) is 4.79 Å². The smallest absolute Gasteiger partial charge is 0.328 e. The number of hydrogen-bond acceptors (Lipinski definition) is 6. The number of carboxylic acids is 1. The van der Waals surface area contributed by atoms with Crippen molar-refractivity contribution in [2.75, 3.05) is 34.2 Å². The van der Waals surface area contributed by atoms with Crippen molar-refractivity contribution in [3.8, 4) is 5.75 Å². The molecule has 0 saturated heterocycles. The Hall–Kier alpha value is -1.93. The fraction of sp³-hybridized carbons (Fsp3) is 0.500. The highest BCUT2D eigenvalue weighted by Crippen LogP contribution is 2.14. The summed E-state index contributed by atoms with van der Waals surface area (Å²) in [4.78, 5) is 10.7. The van der Waals surface area contributed by atoms with Crippen LogP contribution in [0.1, 0.15) is 12.5 Å². The maximum atomic E-state index is 10.7. The fourth-order valence-electron chi connectivity index (χ4n) is 1.90. The molecule has 2 atom stereocenters. The Morgan fingerprint density at radius 2 is 1.88 bits per heavy atom. The Morgan fingerprint density at radius 3 is 2.48 bits per heavy atom. The zero-order valence-electron chi connectivity index (χ0n) is 14.8. The molecule has 25 heavy (non-hydrogen) atoms. The Labute approximate surface area is 148 Å². The highest BCUT2D eigenvalue weighted by molar-refractivity contribution is 5.79. The van der Waals surface area contributed by atoms with Crippen LogP contribution in [0, 0.1) is 0 Å². The van der Waals surface area contributed by atoms with Crippen LogP contribution < -0.4 is 4.74 Å². The van der Waals surface area contributed by atoms with Crippen LogP contribution in [0.25, 0.3) is 0 Å². The maximum absolute atomic E-state index is 10.7. The molecule has 0 heterocycles. The van der Waals surface area contributed by atoms with E-state index in [4.69, 9.17) is 28.8 Å². The van der Waals surface area contributed by atoms with Crippen LogP contribution in [0.15, 0.2) is 36.4 Å². The summed E-state index contributed by atoms with van der Waals surface area (Å²) in [5.41, 5.74) is 0.977. The number of hydrogen-bond donors (Lipinski definition) is 1. The molecular formula is C18H26O7. The molecule has 140 valence electrons. The second-order valence-corrected chi connectivity index (χ2v) is 5.21. The summed E-state index contributed by atoms with van der Waals surface area (Å²) in [6.07, 6.45) is 1.58. The molecule has 0 spiro atoms. The largest absolute Gasteiger partial charge is 0.497 e. The normalized spacial score (nSPS) is 13.7. The number of benzene rings is 1. The number of rotatable bonds is 13. The summed E-state index contributed by atoms with van der Waals surface area (Å²) in [5.74, 6) is -0.271. The van der Waals surface area contributed by atoms with Crippen molar-refractivity contribution < 1.29 is 33.6 Å². The van der Waals surface area contributed by atoms with Crippen LogP contribution in [-0.2, 0) is 30.3 Å². The zero-order chi connectivity index (χ0) is 18.5. The van der Waals surface area contributed by atoms with Gasteiger partial charge < -0.3 is 28.8 Å². The first-order chi connectivity index (χ1) is 12.1. The van der Waals surface area contributed by atoms with Crippen LogP contribution in [0.4, 0.5) is 0 Å². The van der Waals surface area contributed by atoms with Crippen LogP contribution in [0.2, 0.25) is 0 Å². The molecule has 0 amide bonds. The predicted molar refractivity (Wildman–Crippen MR) is 91.6 cm³/mol. The minimum absolute atomic E-state index is 0.0220. The Kier molecular flexibility index (Phi) is 10.5. The second kappa shape index (κ2) is 12.4. The summed E-state index contributed by atoms with van der Waals surface area (Å²) < 4.78 is 26.6. The van der Waals surface area contributed by atoms with E-state index in [2.05, 4.69) is 0 Å². The molecule has 0 bridgehead atoms. The van der Waals surface area contributed by atoms with E-state index in [1.165, 1.54) is 6.08 Å². The van der Waals surface area contributed by atoms with Gasteiger partial charge in [-0.1, -0.05) is 12.1 Å². The van der Waals surface area contributed by atoms with Crippen molar-refractivity contribution in [3.05, 3.63) is 42.0 Å². The SMILES string of the molecule is COCCOCO[C@H](/C=C/C(=O)O)[C@@H](C)OCc1ccc(OC)cc1. The number of carboxylic acid groups (broad SMARTS) is 1. The monoisotopic (exact) mass is 354 g/mol. The van der Waals surface area contributed by atoms with Gasteiger partial charge in [-0.05, 0) is 30.7 Å². The average Bonchev–Trinajstić information content (AvgIpc) is 2.62. The van der Waals surface area contributed by atoms with Crippen molar-refractivity contribution in [2.45, 2.75) is 25.7 Å². The van der Waals surface area contributed by atoms with E-state index in [-0.39, 0.29) is 12.9 Å². The molecule has 1 N–H and O–H groups in total.